The first kappa shape index (κ1) is 9.79. The number of hydrogen-bond acceptors (Lipinski definition) is 4. The molecule has 0 atom stereocenters. The van der Waals surface area contributed by atoms with Crippen molar-refractivity contribution in [1.29, 1.82) is 0 Å². The van der Waals surface area contributed by atoms with Crippen LogP contribution in [0.5, 0.6) is 0 Å². The van der Waals surface area contributed by atoms with Crippen molar-refractivity contribution in [3.63, 3.8) is 0 Å². The predicted octanol–water partition coefficient (Wildman–Crippen LogP) is 2.21. The standard InChI is InChI=1S/C10H8N2O2S/c1-6-12-9(5-15-6)8-4-11-3-2-7(8)10(13)14/h2-5H,1H3,(H,13,14). The molecule has 0 amide bonds. The number of carboxylic acids is 1. The lowest BCUT2D eigenvalue weighted by atomic mass is 10.1. The molecule has 0 fully saturated rings. The fourth-order valence-electron chi connectivity index (χ4n) is 1.27. The molecule has 2 aromatic rings. The average molecular weight is 220 g/mol. The smallest absolute Gasteiger partial charge is 0.336 e. The van der Waals surface area contributed by atoms with Gasteiger partial charge in [-0.05, 0) is 13.0 Å². The van der Waals surface area contributed by atoms with Crippen LogP contribution in [0.3, 0.4) is 0 Å². The number of hydrogen-bond donors (Lipinski definition) is 1. The highest BCUT2D eigenvalue weighted by Gasteiger charge is 2.13. The molecule has 0 aromatic carbocycles. The Bertz CT molecular complexity index is 508. The van der Waals surface area contributed by atoms with Crippen molar-refractivity contribution in [3.8, 4) is 11.3 Å². The third kappa shape index (κ3) is 1.87. The van der Waals surface area contributed by atoms with E-state index in [-0.39, 0.29) is 5.56 Å². The minimum absolute atomic E-state index is 0.232. The summed E-state index contributed by atoms with van der Waals surface area (Å²) in [4.78, 5) is 19.1. The van der Waals surface area contributed by atoms with E-state index in [1.807, 2.05) is 12.3 Å². The number of pyridine rings is 1. The van der Waals surface area contributed by atoms with Crippen LogP contribution < -0.4 is 0 Å². The summed E-state index contributed by atoms with van der Waals surface area (Å²) in [6, 6.07) is 1.48. The SMILES string of the molecule is Cc1nc(-c2cnccc2C(=O)O)cs1. The molecule has 0 spiro atoms. The molecule has 15 heavy (non-hydrogen) atoms. The minimum atomic E-state index is -0.960. The second-order valence-electron chi connectivity index (χ2n) is 2.98. The molecule has 0 aliphatic carbocycles. The number of carboxylic acid groups (broad SMARTS) is 1. The van der Waals surface area contributed by atoms with Gasteiger partial charge in [0, 0.05) is 23.3 Å². The molecule has 2 heterocycles. The van der Waals surface area contributed by atoms with Crippen molar-refractivity contribution in [1.82, 2.24) is 9.97 Å². The quantitative estimate of drug-likeness (QED) is 0.842. The van der Waals surface area contributed by atoms with Crippen LogP contribution in [-0.2, 0) is 0 Å². The van der Waals surface area contributed by atoms with Crippen LogP contribution in [0.1, 0.15) is 15.4 Å². The van der Waals surface area contributed by atoms with Crippen molar-refractivity contribution < 1.29 is 9.90 Å². The van der Waals surface area contributed by atoms with Crippen LogP contribution in [0.2, 0.25) is 0 Å². The molecule has 4 nitrogen and oxygen atoms in total. The summed E-state index contributed by atoms with van der Waals surface area (Å²) >= 11 is 1.49. The monoisotopic (exact) mass is 220 g/mol. The molecular weight excluding hydrogens is 212 g/mol. The Morgan fingerprint density at radius 1 is 1.53 bits per heavy atom. The number of aromatic nitrogens is 2. The molecular formula is C10H8N2O2S. The van der Waals surface area contributed by atoms with E-state index in [2.05, 4.69) is 9.97 Å². The number of aryl methyl sites for hydroxylation is 1. The molecule has 0 aliphatic heterocycles. The van der Waals surface area contributed by atoms with Gasteiger partial charge in [0.25, 0.3) is 0 Å². The normalized spacial score (nSPS) is 10.2. The van der Waals surface area contributed by atoms with Crippen LogP contribution in [0, 0.1) is 6.92 Å². The Kier molecular flexibility index (Phi) is 2.47. The summed E-state index contributed by atoms with van der Waals surface area (Å²) in [5, 5.41) is 11.7. The molecule has 2 aromatic heterocycles. The van der Waals surface area contributed by atoms with Crippen LogP contribution in [0.25, 0.3) is 11.3 Å². The lowest BCUT2D eigenvalue weighted by Crippen LogP contribution is -1.99. The number of thiazole rings is 1. The fraction of sp³-hybridized carbons (Fsp3) is 0.100. The van der Waals surface area contributed by atoms with Gasteiger partial charge >= 0.3 is 5.97 Å². The molecule has 0 radical (unpaired) electrons. The van der Waals surface area contributed by atoms with Crippen molar-refractivity contribution >= 4 is 17.3 Å². The van der Waals surface area contributed by atoms with Crippen LogP contribution in [-0.4, -0.2) is 21.0 Å². The van der Waals surface area contributed by atoms with E-state index in [1.165, 1.54) is 29.8 Å². The maximum Gasteiger partial charge on any atom is 0.336 e. The molecule has 5 heteroatoms. The molecule has 1 N–H and O–H groups in total. The Morgan fingerprint density at radius 2 is 2.33 bits per heavy atom. The summed E-state index contributed by atoms with van der Waals surface area (Å²) in [5.41, 5.74) is 1.47. The average Bonchev–Trinajstić information content (AvgIpc) is 2.65. The van der Waals surface area contributed by atoms with Crippen molar-refractivity contribution in [2.45, 2.75) is 6.92 Å². The second kappa shape index (κ2) is 3.78. The number of rotatable bonds is 2. The largest absolute Gasteiger partial charge is 0.478 e. The number of aromatic carboxylic acids is 1. The van der Waals surface area contributed by atoms with Gasteiger partial charge in [-0.2, -0.15) is 0 Å². The summed E-state index contributed by atoms with van der Waals surface area (Å²) in [6.45, 7) is 1.88. The predicted molar refractivity (Wildman–Crippen MR) is 57.0 cm³/mol. The summed E-state index contributed by atoms with van der Waals surface area (Å²) in [6.07, 6.45) is 2.99. The molecule has 0 saturated carbocycles. The molecule has 76 valence electrons. The topological polar surface area (TPSA) is 63.1 Å². The highest BCUT2D eigenvalue weighted by atomic mass is 32.1. The summed E-state index contributed by atoms with van der Waals surface area (Å²) in [5.74, 6) is -0.960. The van der Waals surface area contributed by atoms with Crippen LogP contribution in [0.4, 0.5) is 0 Å². The van der Waals surface area contributed by atoms with Gasteiger partial charge in [0.2, 0.25) is 0 Å². The Labute approximate surface area is 90.3 Å². The highest BCUT2D eigenvalue weighted by molar-refractivity contribution is 7.09. The fourth-order valence-corrected chi connectivity index (χ4v) is 1.89. The van der Waals surface area contributed by atoms with Gasteiger partial charge in [0.1, 0.15) is 0 Å². The molecule has 0 saturated heterocycles. The van der Waals surface area contributed by atoms with Gasteiger partial charge in [-0.1, -0.05) is 0 Å². The highest BCUT2D eigenvalue weighted by Crippen LogP contribution is 2.24. The maximum absolute atomic E-state index is 10.9. The van der Waals surface area contributed by atoms with Gasteiger partial charge in [-0.25, -0.2) is 9.78 Å². The summed E-state index contributed by atoms with van der Waals surface area (Å²) < 4.78 is 0. The Balaban J connectivity index is 2.57. The first-order valence-electron chi connectivity index (χ1n) is 4.28. The first-order chi connectivity index (χ1) is 7.18. The van der Waals surface area contributed by atoms with Gasteiger partial charge in [0.15, 0.2) is 0 Å². The zero-order valence-electron chi connectivity index (χ0n) is 7.97. The van der Waals surface area contributed by atoms with Gasteiger partial charge in [-0.15, -0.1) is 11.3 Å². The lowest BCUT2D eigenvalue weighted by molar-refractivity contribution is 0.0697. The molecule has 0 aliphatic rings. The van der Waals surface area contributed by atoms with E-state index in [4.69, 9.17) is 5.11 Å². The van der Waals surface area contributed by atoms with Gasteiger partial charge in [-0.3, -0.25) is 4.98 Å². The van der Waals surface area contributed by atoms with E-state index in [1.54, 1.807) is 0 Å². The van der Waals surface area contributed by atoms with E-state index < -0.39 is 5.97 Å². The van der Waals surface area contributed by atoms with E-state index in [0.717, 1.165) is 5.01 Å². The van der Waals surface area contributed by atoms with Crippen LogP contribution >= 0.6 is 11.3 Å². The molecule has 0 unspecified atom stereocenters. The van der Waals surface area contributed by atoms with Gasteiger partial charge in [0.05, 0.1) is 16.3 Å². The number of carbonyl (C=O) groups is 1. The second-order valence-corrected chi connectivity index (χ2v) is 4.04. The Morgan fingerprint density at radius 3 is 2.93 bits per heavy atom. The van der Waals surface area contributed by atoms with E-state index in [0.29, 0.717) is 11.3 Å². The van der Waals surface area contributed by atoms with Crippen molar-refractivity contribution in [3.05, 3.63) is 34.4 Å². The summed E-state index contributed by atoms with van der Waals surface area (Å²) in [7, 11) is 0. The first-order valence-corrected chi connectivity index (χ1v) is 5.16. The molecule has 0 bridgehead atoms. The van der Waals surface area contributed by atoms with E-state index in [9.17, 15) is 4.79 Å². The zero-order valence-corrected chi connectivity index (χ0v) is 8.78. The maximum atomic E-state index is 10.9. The van der Waals surface area contributed by atoms with Crippen LogP contribution in [0.15, 0.2) is 23.8 Å². The zero-order chi connectivity index (χ0) is 10.8. The van der Waals surface area contributed by atoms with Gasteiger partial charge < -0.3 is 5.11 Å². The van der Waals surface area contributed by atoms with E-state index >= 15 is 0 Å². The third-order valence-electron chi connectivity index (χ3n) is 1.95. The third-order valence-corrected chi connectivity index (χ3v) is 2.72. The number of nitrogens with zero attached hydrogens (tertiary/aromatic N) is 2. The van der Waals surface area contributed by atoms with Crippen molar-refractivity contribution in [2.24, 2.45) is 0 Å². The minimum Gasteiger partial charge on any atom is -0.478 e. The molecule has 2 rings (SSSR count). The Hall–Kier alpha value is -1.75. The lowest BCUT2D eigenvalue weighted by Gasteiger charge is -2.00. The van der Waals surface area contributed by atoms with Crippen molar-refractivity contribution in [2.75, 3.05) is 0 Å².